The lowest BCUT2D eigenvalue weighted by Gasteiger charge is -2.06. The number of nitrogens with zero attached hydrogens (tertiary/aromatic N) is 1. The molecule has 0 atom stereocenters. The Bertz CT molecular complexity index is 597. The monoisotopic (exact) mass is 336 g/mol. The number of aryl methyl sites for hydroxylation is 2. The summed E-state index contributed by atoms with van der Waals surface area (Å²) >= 11 is 3.54. The van der Waals surface area contributed by atoms with Gasteiger partial charge < -0.3 is 14.5 Å². The van der Waals surface area contributed by atoms with Gasteiger partial charge in [0.2, 0.25) is 0 Å². The molecule has 1 aliphatic carbocycles. The maximum Gasteiger partial charge on any atom is 0.399 e. The minimum Gasteiger partial charge on any atom is -0.417 e. The highest BCUT2D eigenvalue weighted by Crippen LogP contribution is 2.29. The summed E-state index contributed by atoms with van der Waals surface area (Å²) in [7, 11) is 0. The Morgan fingerprint density at radius 1 is 1.35 bits per heavy atom. The van der Waals surface area contributed by atoms with E-state index >= 15 is 0 Å². The molecule has 20 heavy (non-hydrogen) atoms. The lowest BCUT2D eigenvalue weighted by molar-refractivity contribution is 0.330. The average molecular weight is 337 g/mol. The summed E-state index contributed by atoms with van der Waals surface area (Å²) in [6, 6.07) is 4.58. The van der Waals surface area contributed by atoms with Crippen molar-refractivity contribution in [1.29, 1.82) is 0 Å². The second-order valence-corrected chi connectivity index (χ2v) is 6.03. The number of nitrogens with one attached hydrogen (secondary N) is 1. The Hall–Kier alpha value is -1.33. The average Bonchev–Trinajstić information content (AvgIpc) is 3.14. The second kappa shape index (κ2) is 5.58. The Morgan fingerprint density at radius 3 is 2.70 bits per heavy atom. The van der Waals surface area contributed by atoms with E-state index in [0.29, 0.717) is 12.1 Å². The Labute approximate surface area is 126 Å². The molecule has 1 saturated carbocycles. The van der Waals surface area contributed by atoms with Crippen LogP contribution in [0.15, 0.2) is 27.3 Å². The van der Waals surface area contributed by atoms with Crippen LogP contribution in [-0.2, 0) is 6.54 Å². The molecule has 0 bridgehead atoms. The zero-order valence-electron chi connectivity index (χ0n) is 11.6. The van der Waals surface area contributed by atoms with Gasteiger partial charge in [-0.1, -0.05) is 15.9 Å². The fourth-order valence-corrected chi connectivity index (χ4v) is 2.25. The maximum absolute atomic E-state index is 5.67. The number of ether oxygens (including phenoxy) is 1. The number of hydrogen-bond acceptors (Lipinski definition) is 4. The van der Waals surface area contributed by atoms with E-state index in [2.05, 4.69) is 26.2 Å². The first-order chi connectivity index (χ1) is 9.61. The predicted molar refractivity (Wildman–Crippen MR) is 80.1 cm³/mol. The molecular weight excluding hydrogens is 320 g/mol. The van der Waals surface area contributed by atoms with Crippen LogP contribution in [0.5, 0.6) is 11.8 Å². The van der Waals surface area contributed by atoms with Crippen molar-refractivity contribution in [3.8, 4) is 11.8 Å². The third-order valence-electron chi connectivity index (χ3n) is 3.30. The van der Waals surface area contributed by atoms with Crippen LogP contribution in [0.2, 0.25) is 0 Å². The zero-order chi connectivity index (χ0) is 14.1. The smallest absolute Gasteiger partial charge is 0.399 e. The summed E-state index contributed by atoms with van der Waals surface area (Å²) < 4.78 is 12.1. The number of oxazole rings is 1. The van der Waals surface area contributed by atoms with Crippen molar-refractivity contribution in [2.24, 2.45) is 0 Å². The van der Waals surface area contributed by atoms with Crippen LogP contribution in [0.25, 0.3) is 0 Å². The lowest BCUT2D eigenvalue weighted by atomic mass is 10.1. The summed E-state index contributed by atoms with van der Waals surface area (Å²) in [6.07, 6.45) is 4.46. The van der Waals surface area contributed by atoms with Gasteiger partial charge in [-0.3, -0.25) is 0 Å². The molecule has 0 spiro atoms. The van der Waals surface area contributed by atoms with Crippen molar-refractivity contribution in [2.45, 2.75) is 39.3 Å². The van der Waals surface area contributed by atoms with Crippen molar-refractivity contribution in [2.75, 3.05) is 0 Å². The SMILES string of the molecule is Cc1cc(Oc2nc(CNC3CC3)co2)cc(C)c1Br. The molecule has 3 rings (SSSR count). The van der Waals surface area contributed by atoms with E-state index in [0.717, 1.165) is 33.6 Å². The van der Waals surface area contributed by atoms with E-state index in [9.17, 15) is 0 Å². The molecule has 1 aromatic carbocycles. The number of benzene rings is 1. The number of halogens is 1. The molecule has 1 aliphatic rings. The topological polar surface area (TPSA) is 47.3 Å². The summed E-state index contributed by atoms with van der Waals surface area (Å²) in [5.74, 6) is 0.742. The fourth-order valence-electron chi connectivity index (χ4n) is 2.02. The summed E-state index contributed by atoms with van der Waals surface area (Å²) in [5, 5.41) is 3.39. The highest BCUT2D eigenvalue weighted by atomic mass is 79.9. The predicted octanol–water partition coefficient (Wildman–Crippen LogP) is 4.10. The van der Waals surface area contributed by atoms with Crippen molar-refractivity contribution >= 4 is 15.9 Å². The summed E-state index contributed by atoms with van der Waals surface area (Å²) in [6.45, 7) is 4.80. The molecule has 1 aromatic heterocycles. The van der Waals surface area contributed by atoms with Crippen LogP contribution < -0.4 is 10.1 Å². The molecule has 0 radical (unpaired) electrons. The van der Waals surface area contributed by atoms with E-state index in [1.165, 1.54) is 12.8 Å². The van der Waals surface area contributed by atoms with E-state index in [1.54, 1.807) is 6.26 Å². The van der Waals surface area contributed by atoms with Crippen LogP contribution in [0.3, 0.4) is 0 Å². The lowest BCUT2D eigenvalue weighted by Crippen LogP contribution is -2.15. The number of rotatable bonds is 5. The minimum absolute atomic E-state index is 0.290. The highest BCUT2D eigenvalue weighted by molar-refractivity contribution is 9.10. The molecule has 0 unspecified atom stereocenters. The molecule has 4 nitrogen and oxygen atoms in total. The molecular formula is C15H17BrN2O2. The Kier molecular flexibility index (Phi) is 3.81. The van der Waals surface area contributed by atoms with Crippen LogP contribution in [0, 0.1) is 13.8 Å². The molecule has 1 N–H and O–H groups in total. The largest absolute Gasteiger partial charge is 0.417 e. The standard InChI is InChI=1S/C15H17BrN2O2/c1-9-5-13(6-10(2)14(9)16)20-15-18-12(8-19-15)7-17-11-3-4-11/h5-6,8,11,17H,3-4,7H2,1-2H3. The molecule has 5 heteroatoms. The molecule has 0 saturated heterocycles. The molecule has 0 amide bonds. The van der Waals surface area contributed by atoms with Gasteiger partial charge in [0.05, 0.1) is 5.69 Å². The van der Waals surface area contributed by atoms with Gasteiger partial charge in [-0.15, -0.1) is 0 Å². The minimum atomic E-state index is 0.290. The Balaban J connectivity index is 1.67. The first-order valence-electron chi connectivity index (χ1n) is 6.74. The van der Waals surface area contributed by atoms with Gasteiger partial charge in [-0.25, -0.2) is 0 Å². The van der Waals surface area contributed by atoms with Crippen LogP contribution in [0.4, 0.5) is 0 Å². The first-order valence-corrected chi connectivity index (χ1v) is 7.53. The van der Waals surface area contributed by atoms with Crippen molar-refractivity contribution in [3.63, 3.8) is 0 Å². The third kappa shape index (κ3) is 3.22. The van der Waals surface area contributed by atoms with Crippen LogP contribution >= 0.6 is 15.9 Å². The molecule has 106 valence electrons. The molecule has 1 heterocycles. The van der Waals surface area contributed by atoms with Crippen LogP contribution in [0.1, 0.15) is 29.7 Å². The summed E-state index contributed by atoms with van der Waals surface area (Å²) in [5.41, 5.74) is 3.13. The van der Waals surface area contributed by atoms with E-state index in [-0.39, 0.29) is 0 Å². The van der Waals surface area contributed by atoms with Gasteiger partial charge >= 0.3 is 6.08 Å². The Morgan fingerprint density at radius 2 is 2.05 bits per heavy atom. The van der Waals surface area contributed by atoms with Gasteiger partial charge in [0, 0.05) is 17.1 Å². The molecule has 2 aromatic rings. The van der Waals surface area contributed by atoms with Crippen molar-refractivity contribution in [1.82, 2.24) is 10.3 Å². The zero-order valence-corrected chi connectivity index (χ0v) is 13.2. The highest BCUT2D eigenvalue weighted by Gasteiger charge is 2.20. The third-order valence-corrected chi connectivity index (χ3v) is 4.55. The van der Waals surface area contributed by atoms with Gasteiger partial charge in [0.15, 0.2) is 0 Å². The maximum atomic E-state index is 5.67. The van der Waals surface area contributed by atoms with Crippen LogP contribution in [-0.4, -0.2) is 11.0 Å². The van der Waals surface area contributed by atoms with Crippen molar-refractivity contribution in [3.05, 3.63) is 39.7 Å². The molecule has 1 fully saturated rings. The number of aromatic nitrogens is 1. The van der Waals surface area contributed by atoms with Crippen molar-refractivity contribution < 1.29 is 9.15 Å². The first kappa shape index (κ1) is 13.6. The van der Waals surface area contributed by atoms with Gasteiger partial charge in [0.25, 0.3) is 0 Å². The van der Waals surface area contributed by atoms with Gasteiger partial charge in [-0.2, -0.15) is 4.98 Å². The van der Waals surface area contributed by atoms with Gasteiger partial charge in [-0.05, 0) is 49.9 Å². The van der Waals surface area contributed by atoms with E-state index < -0.39 is 0 Å². The number of hydrogen-bond donors (Lipinski definition) is 1. The summed E-state index contributed by atoms with van der Waals surface area (Å²) in [4.78, 5) is 4.32. The van der Waals surface area contributed by atoms with E-state index in [4.69, 9.17) is 9.15 Å². The second-order valence-electron chi connectivity index (χ2n) is 5.23. The van der Waals surface area contributed by atoms with Gasteiger partial charge in [0.1, 0.15) is 12.0 Å². The normalized spacial score (nSPS) is 14.6. The van der Waals surface area contributed by atoms with E-state index in [1.807, 2.05) is 26.0 Å². The fraction of sp³-hybridized carbons (Fsp3) is 0.400. The molecule has 0 aliphatic heterocycles. The quantitative estimate of drug-likeness (QED) is 0.892.